The maximum atomic E-state index is 13.6. The Morgan fingerprint density at radius 2 is 1.53 bits per heavy atom. The molecule has 1 aliphatic heterocycles. The monoisotopic (exact) mass is 458 g/mol. The van der Waals surface area contributed by atoms with Crippen molar-refractivity contribution in [3.8, 4) is 5.75 Å². The van der Waals surface area contributed by atoms with Gasteiger partial charge in [-0.05, 0) is 65.4 Å². The van der Waals surface area contributed by atoms with E-state index in [4.69, 9.17) is 4.74 Å². The summed E-state index contributed by atoms with van der Waals surface area (Å²) in [6.07, 6.45) is 0. The van der Waals surface area contributed by atoms with Crippen LogP contribution in [0.1, 0.15) is 37.5 Å². The molecule has 2 amide bonds. The van der Waals surface area contributed by atoms with Crippen LogP contribution in [0.3, 0.4) is 0 Å². The molecule has 174 valence electrons. The summed E-state index contributed by atoms with van der Waals surface area (Å²) in [5, 5.41) is 3.13. The molecule has 4 rings (SSSR count). The Labute approximate surface area is 198 Å². The van der Waals surface area contributed by atoms with Gasteiger partial charge in [-0.3, -0.25) is 9.59 Å². The Bertz CT molecular complexity index is 1290. The van der Waals surface area contributed by atoms with Crippen LogP contribution in [0.5, 0.6) is 5.75 Å². The van der Waals surface area contributed by atoms with Crippen LogP contribution in [-0.2, 0) is 15.0 Å². The molecule has 1 aliphatic rings. The van der Waals surface area contributed by atoms with Crippen LogP contribution in [0.25, 0.3) is 5.57 Å². The SMILES string of the molecule is COc1ccc(C)cc1NC1=C(c2ccc(F)cc2)C(=O)N(c2ccc(C(C)(C)C)cc2)C1=O. The van der Waals surface area contributed by atoms with Gasteiger partial charge in [-0.15, -0.1) is 0 Å². The summed E-state index contributed by atoms with van der Waals surface area (Å²) in [6.45, 7) is 8.21. The number of benzene rings is 3. The first-order chi connectivity index (χ1) is 16.1. The summed E-state index contributed by atoms with van der Waals surface area (Å²) >= 11 is 0. The average molecular weight is 459 g/mol. The molecule has 0 saturated heterocycles. The molecule has 0 bridgehead atoms. The van der Waals surface area contributed by atoms with E-state index < -0.39 is 17.6 Å². The van der Waals surface area contributed by atoms with E-state index in [9.17, 15) is 14.0 Å². The van der Waals surface area contributed by atoms with Gasteiger partial charge >= 0.3 is 0 Å². The Kier molecular flexibility index (Phi) is 6.00. The number of nitrogens with one attached hydrogen (secondary N) is 1. The van der Waals surface area contributed by atoms with Gasteiger partial charge in [-0.2, -0.15) is 0 Å². The fourth-order valence-corrected chi connectivity index (χ4v) is 3.93. The van der Waals surface area contributed by atoms with Gasteiger partial charge < -0.3 is 10.1 Å². The molecule has 0 atom stereocenters. The fourth-order valence-electron chi connectivity index (χ4n) is 3.93. The van der Waals surface area contributed by atoms with E-state index in [1.165, 1.54) is 31.4 Å². The number of rotatable bonds is 5. The highest BCUT2D eigenvalue weighted by Crippen LogP contribution is 2.36. The number of hydrogen-bond acceptors (Lipinski definition) is 4. The van der Waals surface area contributed by atoms with Gasteiger partial charge in [0.1, 0.15) is 17.3 Å². The van der Waals surface area contributed by atoms with E-state index in [0.717, 1.165) is 16.0 Å². The summed E-state index contributed by atoms with van der Waals surface area (Å²) in [5.74, 6) is -0.860. The number of amides is 2. The number of anilines is 2. The number of ether oxygens (including phenoxy) is 1. The normalized spacial score (nSPS) is 14.1. The predicted octanol–water partition coefficient (Wildman–Crippen LogP) is 5.84. The van der Waals surface area contributed by atoms with E-state index in [1.807, 2.05) is 31.2 Å². The number of carbonyl (C=O) groups is 2. The third-order valence-electron chi connectivity index (χ3n) is 5.82. The topological polar surface area (TPSA) is 58.6 Å². The molecule has 0 unspecified atom stereocenters. The van der Waals surface area contributed by atoms with Gasteiger partial charge in [0.2, 0.25) is 0 Å². The number of hydrogen-bond donors (Lipinski definition) is 1. The highest BCUT2D eigenvalue weighted by molar-refractivity contribution is 6.46. The zero-order chi connectivity index (χ0) is 24.6. The lowest BCUT2D eigenvalue weighted by Crippen LogP contribution is -2.32. The minimum Gasteiger partial charge on any atom is -0.495 e. The van der Waals surface area contributed by atoms with Crippen LogP contribution < -0.4 is 15.0 Å². The lowest BCUT2D eigenvalue weighted by Gasteiger charge is -2.21. The Hall–Kier alpha value is -3.93. The molecule has 0 spiro atoms. The van der Waals surface area contributed by atoms with E-state index in [-0.39, 0.29) is 16.7 Å². The van der Waals surface area contributed by atoms with E-state index in [0.29, 0.717) is 22.7 Å². The van der Waals surface area contributed by atoms with E-state index in [1.54, 1.807) is 18.2 Å². The summed E-state index contributed by atoms with van der Waals surface area (Å²) in [4.78, 5) is 28.3. The second-order valence-corrected chi connectivity index (χ2v) is 9.33. The van der Waals surface area contributed by atoms with Gasteiger partial charge in [0, 0.05) is 0 Å². The van der Waals surface area contributed by atoms with Crippen molar-refractivity contribution in [2.24, 2.45) is 0 Å². The molecular weight excluding hydrogens is 431 g/mol. The van der Waals surface area contributed by atoms with Gasteiger partial charge in [-0.25, -0.2) is 9.29 Å². The Morgan fingerprint density at radius 1 is 0.882 bits per heavy atom. The standard InChI is InChI=1S/C28H27FN2O3/c1-17-6-15-23(34-5)22(16-17)30-25-24(18-7-11-20(29)12-8-18)26(32)31(27(25)33)21-13-9-19(10-14-21)28(2,3)4/h6-16,30H,1-5H3. The van der Waals surface area contributed by atoms with Crippen LogP contribution >= 0.6 is 0 Å². The minimum atomic E-state index is -0.489. The molecule has 6 heteroatoms. The second kappa shape index (κ2) is 8.78. The van der Waals surface area contributed by atoms with Crippen molar-refractivity contribution in [2.45, 2.75) is 33.1 Å². The molecule has 3 aromatic carbocycles. The maximum absolute atomic E-state index is 13.6. The van der Waals surface area contributed by atoms with Gasteiger partial charge in [0.25, 0.3) is 11.8 Å². The molecular formula is C28H27FN2O3. The van der Waals surface area contributed by atoms with Crippen molar-refractivity contribution in [3.63, 3.8) is 0 Å². The molecule has 34 heavy (non-hydrogen) atoms. The second-order valence-electron chi connectivity index (χ2n) is 9.33. The van der Waals surface area contributed by atoms with Crippen LogP contribution in [0.2, 0.25) is 0 Å². The largest absolute Gasteiger partial charge is 0.495 e. The van der Waals surface area contributed by atoms with Crippen LogP contribution in [0.4, 0.5) is 15.8 Å². The van der Waals surface area contributed by atoms with E-state index >= 15 is 0 Å². The number of imide groups is 1. The zero-order valence-corrected chi connectivity index (χ0v) is 19.9. The average Bonchev–Trinajstić information content (AvgIpc) is 3.03. The molecule has 0 saturated carbocycles. The number of halogens is 1. The molecule has 0 aliphatic carbocycles. The Balaban J connectivity index is 1.81. The summed E-state index contributed by atoms with van der Waals surface area (Å²) in [6, 6.07) is 18.4. The highest BCUT2D eigenvalue weighted by Gasteiger charge is 2.40. The van der Waals surface area contributed by atoms with Gasteiger partial charge in [0.15, 0.2) is 0 Å². The quantitative estimate of drug-likeness (QED) is 0.488. The molecule has 1 heterocycles. The fraction of sp³-hybridized carbons (Fsp3) is 0.214. The highest BCUT2D eigenvalue weighted by atomic mass is 19.1. The first-order valence-electron chi connectivity index (χ1n) is 11.0. The summed E-state index contributed by atoms with van der Waals surface area (Å²) in [5.41, 5.74) is 3.74. The molecule has 3 aromatic rings. The molecule has 1 N–H and O–H groups in total. The minimum absolute atomic E-state index is 0.0660. The number of carbonyl (C=O) groups excluding carboxylic acids is 2. The number of aryl methyl sites for hydroxylation is 1. The summed E-state index contributed by atoms with van der Waals surface area (Å²) < 4.78 is 19.0. The molecule has 5 nitrogen and oxygen atoms in total. The number of methoxy groups -OCH3 is 1. The third kappa shape index (κ3) is 4.31. The van der Waals surface area contributed by atoms with Crippen molar-refractivity contribution < 1.29 is 18.7 Å². The van der Waals surface area contributed by atoms with Crippen molar-refractivity contribution in [3.05, 3.63) is 94.9 Å². The first-order valence-corrected chi connectivity index (χ1v) is 11.0. The van der Waals surface area contributed by atoms with E-state index in [2.05, 4.69) is 26.1 Å². The lowest BCUT2D eigenvalue weighted by atomic mass is 9.87. The summed E-state index contributed by atoms with van der Waals surface area (Å²) in [7, 11) is 1.54. The van der Waals surface area contributed by atoms with Crippen molar-refractivity contribution in [1.29, 1.82) is 0 Å². The van der Waals surface area contributed by atoms with Crippen LogP contribution in [0.15, 0.2) is 72.4 Å². The van der Waals surface area contributed by atoms with Crippen molar-refractivity contribution >= 4 is 28.8 Å². The smallest absolute Gasteiger partial charge is 0.282 e. The lowest BCUT2D eigenvalue weighted by molar-refractivity contribution is -0.120. The maximum Gasteiger partial charge on any atom is 0.282 e. The molecule has 0 radical (unpaired) electrons. The van der Waals surface area contributed by atoms with Crippen LogP contribution in [-0.4, -0.2) is 18.9 Å². The van der Waals surface area contributed by atoms with Gasteiger partial charge in [-0.1, -0.05) is 51.1 Å². The van der Waals surface area contributed by atoms with Crippen molar-refractivity contribution in [2.75, 3.05) is 17.3 Å². The molecule has 0 fully saturated rings. The number of nitrogens with zero attached hydrogens (tertiary/aromatic N) is 1. The van der Waals surface area contributed by atoms with Gasteiger partial charge in [0.05, 0.1) is 24.1 Å². The first kappa shape index (κ1) is 23.2. The predicted molar refractivity (Wildman–Crippen MR) is 132 cm³/mol. The van der Waals surface area contributed by atoms with Crippen LogP contribution in [0, 0.1) is 12.7 Å². The van der Waals surface area contributed by atoms with Crippen molar-refractivity contribution in [1.82, 2.24) is 0 Å². The Morgan fingerprint density at radius 3 is 2.12 bits per heavy atom. The third-order valence-corrected chi connectivity index (χ3v) is 5.82. The zero-order valence-electron chi connectivity index (χ0n) is 19.9. The molecule has 0 aromatic heterocycles.